The van der Waals surface area contributed by atoms with Crippen molar-refractivity contribution in [1.29, 1.82) is 0 Å². The van der Waals surface area contributed by atoms with Crippen LogP contribution in [0.15, 0.2) is 6.07 Å². The molecule has 1 aromatic heterocycles. The first-order valence-electron chi connectivity index (χ1n) is 5.50. The normalized spacial score (nSPS) is 11.6. The summed E-state index contributed by atoms with van der Waals surface area (Å²) in [4.78, 5) is 15.0. The van der Waals surface area contributed by atoms with E-state index in [1.54, 1.807) is 0 Å². The molecular weight excluding hydrogens is 369 g/mol. The van der Waals surface area contributed by atoms with Crippen molar-refractivity contribution in [1.82, 2.24) is 4.98 Å². The molecule has 1 rings (SSSR count). The molecule has 0 amide bonds. The molecule has 118 valence electrons. The Morgan fingerprint density at radius 3 is 2.48 bits per heavy atom. The number of hydrogen-bond donors (Lipinski definition) is 0. The summed E-state index contributed by atoms with van der Waals surface area (Å²) in [6, 6.07) is 0.524. The van der Waals surface area contributed by atoms with Gasteiger partial charge in [0.15, 0.2) is 5.75 Å². The predicted molar refractivity (Wildman–Crippen MR) is 64.5 cm³/mol. The lowest BCUT2D eigenvalue weighted by atomic mass is 10.1. The van der Waals surface area contributed by atoms with E-state index in [1.165, 1.54) is 6.92 Å². The lowest BCUT2D eigenvalue weighted by Gasteiger charge is -2.16. The molecule has 0 N–H and O–H groups in total. The highest BCUT2D eigenvalue weighted by Crippen LogP contribution is 2.36. The molecule has 0 radical (unpaired) electrons. The van der Waals surface area contributed by atoms with Crippen molar-refractivity contribution in [3.8, 4) is 5.75 Å². The Labute approximate surface area is 124 Å². The third-order valence-corrected chi connectivity index (χ3v) is 2.67. The molecule has 0 spiro atoms. The summed E-state index contributed by atoms with van der Waals surface area (Å²) in [7, 11) is 0. The molecule has 1 heterocycles. The summed E-state index contributed by atoms with van der Waals surface area (Å²) < 4.78 is 70.8. The molecule has 21 heavy (non-hydrogen) atoms. The summed E-state index contributed by atoms with van der Waals surface area (Å²) in [5, 5.41) is -0.314. The second-order valence-corrected chi connectivity index (χ2v) is 4.14. The maximum Gasteiger partial charge on any atom is 0.573 e. The van der Waals surface area contributed by atoms with Crippen molar-refractivity contribution in [2.24, 2.45) is 0 Å². The van der Waals surface area contributed by atoms with E-state index in [4.69, 9.17) is 0 Å². The van der Waals surface area contributed by atoms with Crippen molar-refractivity contribution in [2.75, 3.05) is 6.61 Å². The molecule has 0 aromatic carbocycles. The van der Waals surface area contributed by atoms with Crippen LogP contribution in [-0.4, -0.2) is 23.9 Å². The topological polar surface area (TPSA) is 48.4 Å². The zero-order valence-corrected chi connectivity index (χ0v) is 12.1. The molecule has 0 saturated heterocycles. The number of alkyl halides is 6. The number of ether oxygens (including phenoxy) is 2. The Balaban J connectivity index is 3.39. The molecule has 4 nitrogen and oxygen atoms in total. The summed E-state index contributed by atoms with van der Waals surface area (Å²) >= 11 is 2.81. The third-order valence-electron chi connectivity index (χ3n) is 2.14. The van der Waals surface area contributed by atoms with Crippen molar-refractivity contribution in [3.05, 3.63) is 23.0 Å². The van der Waals surface area contributed by atoms with Gasteiger partial charge in [-0.25, -0.2) is 18.6 Å². The second-order valence-electron chi connectivity index (χ2n) is 3.58. The molecular formula is C11H9BrF5NO3. The van der Waals surface area contributed by atoms with E-state index in [0.717, 1.165) is 0 Å². The summed E-state index contributed by atoms with van der Waals surface area (Å²) in [6.07, 6.45) is -8.44. The first-order chi connectivity index (χ1) is 9.69. The fourth-order valence-corrected chi connectivity index (χ4v) is 1.78. The molecule has 0 saturated carbocycles. The SMILES string of the molecule is CCOC(=O)c1cc(C(F)F)c(OC(F)(F)F)c(CBr)n1. The quantitative estimate of drug-likeness (QED) is 0.442. The van der Waals surface area contributed by atoms with E-state index in [9.17, 15) is 26.7 Å². The smallest absolute Gasteiger partial charge is 0.461 e. The molecule has 0 bridgehead atoms. The Bertz CT molecular complexity index is 521. The van der Waals surface area contributed by atoms with Gasteiger partial charge in [-0.1, -0.05) is 15.9 Å². The van der Waals surface area contributed by atoms with Gasteiger partial charge in [-0.05, 0) is 13.0 Å². The van der Waals surface area contributed by atoms with Gasteiger partial charge in [-0.3, -0.25) is 0 Å². The zero-order valence-electron chi connectivity index (χ0n) is 10.5. The Morgan fingerprint density at radius 1 is 1.43 bits per heavy atom. The minimum atomic E-state index is -5.16. The van der Waals surface area contributed by atoms with Crippen LogP contribution in [0.2, 0.25) is 0 Å². The molecule has 1 aromatic rings. The highest BCUT2D eigenvalue weighted by Gasteiger charge is 2.35. The van der Waals surface area contributed by atoms with E-state index < -0.39 is 41.5 Å². The number of rotatable bonds is 5. The largest absolute Gasteiger partial charge is 0.573 e. The van der Waals surface area contributed by atoms with Gasteiger partial charge in [0, 0.05) is 5.33 Å². The van der Waals surface area contributed by atoms with E-state index in [2.05, 4.69) is 30.4 Å². The number of carbonyl (C=O) groups excluding carboxylic acids is 1. The molecule has 10 heteroatoms. The van der Waals surface area contributed by atoms with Crippen molar-refractivity contribution in [3.63, 3.8) is 0 Å². The molecule has 0 aliphatic carbocycles. The monoisotopic (exact) mass is 377 g/mol. The van der Waals surface area contributed by atoms with Crippen LogP contribution in [0.25, 0.3) is 0 Å². The number of pyridine rings is 1. The average Bonchev–Trinajstić information content (AvgIpc) is 2.36. The number of nitrogens with zero attached hydrogens (tertiary/aromatic N) is 1. The fraction of sp³-hybridized carbons (Fsp3) is 0.455. The lowest BCUT2D eigenvalue weighted by Crippen LogP contribution is -2.21. The van der Waals surface area contributed by atoms with Crippen LogP contribution in [0, 0.1) is 0 Å². The maximum absolute atomic E-state index is 12.9. The van der Waals surface area contributed by atoms with E-state index in [0.29, 0.717) is 6.07 Å². The Morgan fingerprint density at radius 2 is 2.05 bits per heavy atom. The van der Waals surface area contributed by atoms with Crippen LogP contribution in [0.1, 0.15) is 35.1 Å². The molecule has 0 fully saturated rings. The zero-order chi connectivity index (χ0) is 16.2. The number of carbonyl (C=O) groups is 1. The van der Waals surface area contributed by atoms with Crippen LogP contribution < -0.4 is 4.74 Å². The van der Waals surface area contributed by atoms with E-state index >= 15 is 0 Å². The van der Waals surface area contributed by atoms with Gasteiger partial charge in [0.25, 0.3) is 6.43 Å². The Kier molecular flexibility index (Phi) is 5.87. The van der Waals surface area contributed by atoms with Crippen LogP contribution in [-0.2, 0) is 10.1 Å². The van der Waals surface area contributed by atoms with Gasteiger partial charge in [0.05, 0.1) is 17.9 Å². The highest BCUT2D eigenvalue weighted by molar-refractivity contribution is 9.08. The number of esters is 1. The van der Waals surface area contributed by atoms with Gasteiger partial charge in [0.2, 0.25) is 0 Å². The third kappa shape index (κ3) is 4.80. The first kappa shape index (κ1) is 17.6. The van der Waals surface area contributed by atoms with Crippen LogP contribution in [0.3, 0.4) is 0 Å². The number of aromatic nitrogens is 1. The minimum Gasteiger partial charge on any atom is -0.461 e. The summed E-state index contributed by atoms with van der Waals surface area (Å²) in [5.74, 6) is -2.14. The van der Waals surface area contributed by atoms with Crippen LogP contribution in [0.4, 0.5) is 22.0 Å². The standard InChI is InChI=1S/C11H9BrF5NO3/c1-2-20-10(19)6-3-5(9(13)14)8(7(4-12)18-6)21-11(15,16)17/h3,9H,2,4H2,1H3. The molecule has 0 unspecified atom stereocenters. The summed E-state index contributed by atoms with van der Waals surface area (Å²) in [5.41, 5.74) is -2.08. The maximum atomic E-state index is 12.9. The van der Waals surface area contributed by atoms with Gasteiger partial charge in [-0.2, -0.15) is 0 Å². The van der Waals surface area contributed by atoms with Gasteiger partial charge in [0.1, 0.15) is 5.69 Å². The lowest BCUT2D eigenvalue weighted by molar-refractivity contribution is -0.275. The first-order valence-corrected chi connectivity index (χ1v) is 6.62. The van der Waals surface area contributed by atoms with Gasteiger partial charge in [-0.15, -0.1) is 13.2 Å². The predicted octanol–water partition coefficient (Wildman–Crippen LogP) is 3.99. The van der Waals surface area contributed by atoms with E-state index in [1.807, 2.05) is 0 Å². The average molecular weight is 378 g/mol. The van der Waals surface area contributed by atoms with Crippen LogP contribution >= 0.6 is 15.9 Å². The second kappa shape index (κ2) is 7.01. The molecule has 0 atom stereocenters. The summed E-state index contributed by atoms with van der Waals surface area (Å²) in [6.45, 7) is 1.45. The van der Waals surface area contributed by atoms with Crippen molar-refractivity contribution in [2.45, 2.75) is 25.0 Å². The van der Waals surface area contributed by atoms with Gasteiger partial charge < -0.3 is 9.47 Å². The minimum absolute atomic E-state index is 0.0328. The van der Waals surface area contributed by atoms with Gasteiger partial charge >= 0.3 is 12.3 Å². The van der Waals surface area contributed by atoms with Crippen molar-refractivity contribution >= 4 is 21.9 Å². The Hall–Kier alpha value is -1.45. The number of halogens is 6. The van der Waals surface area contributed by atoms with Crippen LogP contribution in [0.5, 0.6) is 5.75 Å². The molecule has 0 aliphatic heterocycles. The van der Waals surface area contributed by atoms with E-state index in [-0.39, 0.29) is 11.9 Å². The highest BCUT2D eigenvalue weighted by atomic mass is 79.9. The number of hydrogen-bond acceptors (Lipinski definition) is 4. The fourth-order valence-electron chi connectivity index (χ4n) is 1.40. The van der Waals surface area contributed by atoms with Crippen molar-refractivity contribution < 1.29 is 36.2 Å². The molecule has 0 aliphatic rings.